The summed E-state index contributed by atoms with van der Waals surface area (Å²) in [6.45, 7) is 0.477. The fourth-order valence-corrected chi connectivity index (χ4v) is 2.08. The Bertz CT molecular complexity index is 533. The summed E-state index contributed by atoms with van der Waals surface area (Å²) >= 11 is 0. The summed E-state index contributed by atoms with van der Waals surface area (Å²) in [7, 11) is 0. The van der Waals surface area contributed by atoms with Gasteiger partial charge in [-0.2, -0.15) is 18.4 Å². The number of anilines is 1. The Morgan fingerprint density at radius 3 is 2.55 bits per heavy atom. The number of nitriles is 1. The first-order valence-corrected chi connectivity index (χ1v) is 6.06. The quantitative estimate of drug-likeness (QED) is 0.860. The number of halogens is 3. The summed E-state index contributed by atoms with van der Waals surface area (Å²) in [6, 6.07) is 5.29. The van der Waals surface area contributed by atoms with Gasteiger partial charge in [-0.15, -0.1) is 0 Å². The molecular weight excluding hydrogens is 271 g/mol. The maximum absolute atomic E-state index is 12.4. The first-order chi connectivity index (χ1) is 9.41. The van der Waals surface area contributed by atoms with Gasteiger partial charge in [0.25, 0.3) is 0 Å². The Hall–Kier alpha value is -2.23. The molecule has 0 bridgehead atoms. The lowest BCUT2D eigenvalue weighted by Crippen LogP contribution is -2.37. The summed E-state index contributed by atoms with van der Waals surface area (Å²) in [5, 5.41) is 11.4. The smallest absolute Gasteiger partial charge is 0.308 e. The number of carbonyl (C=O) groups is 1. The van der Waals surface area contributed by atoms with Crippen molar-refractivity contribution in [3.05, 3.63) is 29.8 Å². The van der Waals surface area contributed by atoms with Gasteiger partial charge in [0.1, 0.15) is 6.04 Å². The van der Waals surface area contributed by atoms with Crippen LogP contribution in [-0.2, 0) is 6.18 Å². The van der Waals surface area contributed by atoms with Crippen molar-refractivity contribution in [3.63, 3.8) is 0 Å². The molecule has 0 aliphatic carbocycles. The van der Waals surface area contributed by atoms with Crippen molar-refractivity contribution in [3.8, 4) is 6.07 Å². The Balaban J connectivity index is 2.04. The van der Waals surface area contributed by atoms with Gasteiger partial charge in [0, 0.05) is 12.2 Å². The molecule has 106 valence electrons. The Morgan fingerprint density at radius 2 is 2.00 bits per heavy atom. The van der Waals surface area contributed by atoms with E-state index < -0.39 is 23.8 Å². The topological polar surface area (TPSA) is 56.1 Å². The maximum Gasteiger partial charge on any atom is 0.416 e. The van der Waals surface area contributed by atoms with Crippen LogP contribution in [-0.4, -0.2) is 23.5 Å². The van der Waals surface area contributed by atoms with Gasteiger partial charge in [0.2, 0.25) is 0 Å². The minimum absolute atomic E-state index is 0.270. The predicted molar refractivity (Wildman–Crippen MR) is 65.8 cm³/mol. The van der Waals surface area contributed by atoms with Gasteiger partial charge in [0.05, 0.1) is 11.6 Å². The molecule has 1 N–H and O–H groups in total. The molecule has 0 radical (unpaired) electrons. The van der Waals surface area contributed by atoms with Crippen molar-refractivity contribution in [2.45, 2.75) is 25.1 Å². The van der Waals surface area contributed by atoms with E-state index in [0.717, 1.165) is 18.6 Å². The number of alkyl halides is 3. The van der Waals surface area contributed by atoms with Crippen molar-refractivity contribution in [1.82, 2.24) is 4.90 Å². The molecule has 2 amide bonds. The second kappa shape index (κ2) is 5.41. The normalized spacial score (nSPS) is 18.7. The molecule has 0 spiro atoms. The molecule has 1 aromatic carbocycles. The molecule has 7 heteroatoms. The zero-order chi connectivity index (χ0) is 14.8. The van der Waals surface area contributed by atoms with Crippen LogP contribution >= 0.6 is 0 Å². The van der Waals surface area contributed by atoms with E-state index in [1.807, 2.05) is 6.07 Å². The third-order valence-corrected chi connectivity index (χ3v) is 3.13. The number of nitrogens with one attached hydrogen (secondary N) is 1. The van der Waals surface area contributed by atoms with Gasteiger partial charge in [0.15, 0.2) is 0 Å². The number of carbonyl (C=O) groups excluding carboxylic acids is 1. The van der Waals surface area contributed by atoms with Gasteiger partial charge in [-0.1, -0.05) is 0 Å². The first kappa shape index (κ1) is 14.2. The van der Waals surface area contributed by atoms with Gasteiger partial charge < -0.3 is 10.2 Å². The minimum atomic E-state index is -4.40. The number of rotatable bonds is 1. The molecule has 20 heavy (non-hydrogen) atoms. The minimum Gasteiger partial charge on any atom is -0.308 e. The van der Waals surface area contributed by atoms with Gasteiger partial charge in [-0.25, -0.2) is 4.79 Å². The van der Waals surface area contributed by atoms with Crippen LogP contribution in [0, 0.1) is 11.3 Å². The summed E-state index contributed by atoms with van der Waals surface area (Å²) in [6.07, 6.45) is -3.03. The second-order valence-corrected chi connectivity index (χ2v) is 4.49. The SMILES string of the molecule is N#CC1CCCN1C(=O)Nc1ccc(C(F)(F)F)cc1. The maximum atomic E-state index is 12.4. The Labute approximate surface area is 113 Å². The zero-order valence-electron chi connectivity index (χ0n) is 10.4. The van der Waals surface area contributed by atoms with Crippen molar-refractivity contribution < 1.29 is 18.0 Å². The summed E-state index contributed by atoms with van der Waals surface area (Å²) in [5.74, 6) is 0. The number of urea groups is 1. The highest BCUT2D eigenvalue weighted by atomic mass is 19.4. The lowest BCUT2D eigenvalue weighted by atomic mass is 10.2. The number of amides is 2. The molecule has 0 saturated carbocycles. The van der Waals surface area contributed by atoms with Crippen LogP contribution in [0.4, 0.5) is 23.7 Å². The van der Waals surface area contributed by atoms with Crippen LogP contribution in [0.1, 0.15) is 18.4 Å². The number of hydrogen-bond donors (Lipinski definition) is 1. The molecule has 1 atom stereocenters. The molecule has 1 unspecified atom stereocenters. The summed E-state index contributed by atoms with van der Waals surface area (Å²) < 4.78 is 37.2. The monoisotopic (exact) mass is 283 g/mol. The van der Waals surface area contributed by atoms with Gasteiger partial charge >= 0.3 is 12.2 Å². The number of hydrogen-bond acceptors (Lipinski definition) is 2. The molecule has 2 rings (SSSR count). The van der Waals surface area contributed by atoms with Crippen LogP contribution < -0.4 is 5.32 Å². The third-order valence-electron chi connectivity index (χ3n) is 3.13. The summed E-state index contributed by atoms with van der Waals surface area (Å²) in [4.78, 5) is 13.3. The average Bonchev–Trinajstić information content (AvgIpc) is 2.86. The van der Waals surface area contributed by atoms with E-state index in [1.54, 1.807) is 0 Å². The number of benzene rings is 1. The van der Waals surface area contributed by atoms with E-state index in [4.69, 9.17) is 5.26 Å². The number of likely N-dealkylation sites (tertiary alicyclic amines) is 1. The van der Waals surface area contributed by atoms with E-state index >= 15 is 0 Å². The molecular formula is C13H12F3N3O. The summed E-state index contributed by atoms with van der Waals surface area (Å²) in [5.41, 5.74) is -0.502. The zero-order valence-corrected chi connectivity index (χ0v) is 10.4. The molecule has 1 aliphatic rings. The third kappa shape index (κ3) is 3.02. The highest BCUT2D eigenvalue weighted by molar-refractivity contribution is 5.89. The highest BCUT2D eigenvalue weighted by Crippen LogP contribution is 2.30. The number of nitrogens with zero attached hydrogens (tertiary/aromatic N) is 2. The van der Waals surface area contributed by atoms with E-state index in [9.17, 15) is 18.0 Å². The van der Waals surface area contributed by atoms with Gasteiger partial charge in [-0.05, 0) is 37.1 Å². The average molecular weight is 283 g/mol. The van der Waals surface area contributed by atoms with E-state index in [1.165, 1.54) is 17.0 Å². The van der Waals surface area contributed by atoms with Crippen LogP contribution in [0.3, 0.4) is 0 Å². The van der Waals surface area contributed by atoms with Gasteiger partial charge in [-0.3, -0.25) is 0 Å². The fourth-order valence-electron chi connectivity index (χ4n) is 2.08. The van der Waals surface area contributed by atoms with E-state index in [0.29, 0.717) is 13.0 Å². The molecule has 1 heterocycles. The molecule has 0 aromatic heterocycles. The van der Waals surface area contributed by atoms with Crippen LogP contribution in [0.2, 0.25) is 0 Å². The van der Waals surface area contributed by atoms with Crippen LogP contribution in [0.25, 0.3) is 0 Å². The van der Waals surface area contributed by atoms with Crippen LogP contribution in [0.5, 0.6) is 0 Å². The molecule has 1 fully saturated rings. The van der Waals surface area contributed by atoms with Crippen molar-refractivity contribution in [2.24, 2.45) is 0 Å². The van der Waals surface area contributed by atoms with Crippen molar-refractivity contribution in [2.75, 3.05) is 11.9 Å². The lowest BCUT2D eigenvalue weighted by molar-refractivity contribution is -0.137. The first-order valence-electron chi connectivity index (χ1n) is 6.06. The highest BCUT2D eigenvalue weighted by Gasteiger charge is 2.31. The Kier molecular flexibility index (Phi) is 3.84. The Morgan fingerprint density at radius 1 is 1.35 bits per heavy atom. The second-order valence-electron chi connectivity index (χ2n) is 4.49. The van der Waals surface area contributed by atoms with Crippen molar-refractivity contribution in [1.29, 1.82) is 5.26 Å². The molecule has 1 aromatic rings. The predicted octanol–water partition coefficient (Wildman–Crippen LogP) is 3.23. The molecule has 1 aliphatic heterocycles. The van der Waals surface area contributed by atoms with E-state index in [2.05, 4.69) is 5.32 Å². The molecule has 1 saturated heterocycles. The lowest BCUT2D eigenvalue weighted by Gasteiger charge is -2.20. The van der Waals surface area contributed by atoms with E-state index in [-0.39, 0.29) is 5.69 Å². The standard InChI is InChI=1S/C13H12F3N3O/c14-13(15,16)9-3-5-10(6-4-9)18-12(20)19-7-1-2-11(19)8-17/h3-6,11H,1-2,7H2,(H,18,20). The molecule has 4 nitrogen and oxygen atoms in total. The van der Waals surface area contributed by atoms with Crippen molar-refractivity contribution >= 4 is 11.7 Å². The largest absolute Gasteiger partial charge is 0.416 e. The van der Waals surface area contributed by atoms with Crippen LogP contribution in [0.15, 0.2) is 24.3 Å². The fraction of sp³-hybridized carbons (Fsp3) is 0.385.